The third-order valence-electron chi connectivity index (χ3n) is 23.6. The monoisotopic (exact) mass is 1110 g/mol. The molecule has 0 amide bonds. The molecule has 0 bridgehead atoms. The first-order valence-electron chi connectivity index (χ1n) is 33.1. The van der Waals surface area contributed by atoms with E-state index in [9.17, 15) is 19.0 Å². The summed E-state index contributed by atoms with van der Waals surface area (Å²) in [5.41, 5.74) is 4.09. The lowest BCUT2D eigenvalue weighted by Crippen LogP contribution is -2.54. The third-order valence-corrected chi connectivity index (χ3v) is 23.6. The fourth-order valence-electron chi connectivity index (χ4n) is 19.8. The Kier molecular flexibility index (Phi) is 24.7. The van der Waals surface area contributed by atoms with Crippen LogP contribution in [0.5, 0.6) is 0 Å². The Bertz CT molecular complexity index is 1940. The molecular weight excluding hydrogens is 993 g/mol. The molecule has 0 aromatic carbocycles. The summed E-state index contributed by atoms with van der Waals surface area (Å²) < 4.78 is 38.6. The van der Waals surface area contributed by atoms with Crippen molar-refractivity contribution in [1.29, 1.82) is 0 Å². The molecular formula is C69H121BF3O6. The van der Waals surface area contributed by atoms with Crippen LogP contribution in [0.1, 0.15) is 272 Å². The van der Waals surface area contributed by atoms with Gasteiger partial charge in [0.2, 0.25) is 0 Å². The lowest BCUT2D eigenvalue weighted by Gasteiger charge is -2.57. The number of allylic oxidation sites excluding steroid dienone is 1. The van der Waals surface area contributed by atoms with Crippen LogP contribution in [0, 0.1) is 109 Å². The molecule has 0 aromatic rings. The van der Waals surface area contributed by atoms with Gasteiger partial charge in [0.15, 0.2) is 0 Å². The van der Waals surface area contributed by atoms with E-state index in [0.717, 1.165) is 104 Å². The van der Waals surface area contributed by atoms with Crippen molar-refractivity contribution in [3.05, 3.63) is 11.1 Å². The highest BCUT2D eigenvalue weighted by molar-refractivity contribution is 6.25. The SMILES string of the molecule is CC(C)CCC[C@@H](C)[C@H]1CCC2C3C[C@@H](O)[C@]45C[C@@H](OC(=O)C(C)(C)C)CC[C@]4(C5)C3CC[C@@]21C.CCO.CC[B]F.CC[C@@H]1CC2C(CC[C@@]3(C)C2CC[C@@H]3[C@H](C)CCCC(C)C)C2=C1C[C@@H](OC(=O)C(C)(C)C)CC2.FF. The van der Waals surface area contributed by atoms with Crippen molar-refractivity contribution < 1.29 is 42.7 Å². The van der Waals surface area contributed by atoms with Crippen LogP contribution in [0.3, 0.4) is 0 Å². The van der Waals surface area contributed by atoms with Gasteiger partial charge in [0.1, 0.15) is 12.2 Å². The van der Waals surface area contributed by atoms with E-state index in [1.54, 1.807) is 19.4 Å². The van der Waals surface area contributed by atoms with Gasteiger partial charge in [-0.2, -0.15) is 0 Å². The van der Waals surface area contributed by atoms with Crippen molar-refractivity contribution in [2.24, 2.45) is 109 Å². The largest absolute Gasteiger partial charge is 0.462 e. The molecule has 2 N–H and O–H groups in total. The molecule has 10 heteroatoms. The van der Waals surface area contributed by atoms with Crippen LogP contribution < -0.4 is 0 Å². The second kappa shape index (κ2) is 28.6. The molecule has 9 aliphatic rings. The Labute approximate surface area is 483 Å². The first kappa shape index (κ1) is 68.2. The summed E-state index contributed by atoms with van der Waals surface area (Å²) in [6, 6.07) is 0. The van der Waals surface area contributed by atoms with Gasteiger partial charge in [-0.05, 0) is 257 Å². The van der Waals surface area contributed by atoms with E-state index in [4.69, 9.17) is 23.7 Å². The molecule has 7 saturated carbocycles. The van der Waals surface area contributed by atoms with E-state index in [1.807, 2.05) is 47.1 Å². The number of carbonyl (C=O) groups excluding carboxylic acids is 2. The molecule has 79 heavy (non-hydrogen) atoms. The highest BCUT2D eigenvalue weighted by atomic mass is 20.0. The van der Waals surface area contributed by atoms with Gasteiger partial charge in [-0.25, -0.2) is 0 Å². The number of rotatable bonds is 14. The van der Waals surface area contributed by atoms with Gasteiger partial charge in [-0.3, -0.25) is 9.59 Å². The van der Waals surface area contributed by atoms with Crippen LogP contribution >= 0.6 is 0 Å². The molecule has 9 rings (SSSR count). The lowest BCUT2D eigenvalue weighted by molar-refractivity contribution is -0.169. The molecule has 9 aliphatic carbocycles. The van der Waals surface area contributed by atoms with E-state index >= 15 is 0 Å². The quantitative estimate of drug-likeness (QED) is 0.102. The Morgan fingerprint density at radius 1 is 0.646 bits per heavy atom. The molecule has 7 fully saturated rings. The summed E-state index contributed by atoms with van der Waals surface area (Å²) >= 11 is 0. The first-order chi connectivity index (χ1) is 37.1. The Morgan fingerprint density at radius 3 is 1.62 bits per heavy atom. The van der Waals surface area contributed by atoms with Crippen molar-refractivity contribution >= 4 is 19.5 Å². The maximum absolute atomic E-state index is 12.6. The zero-order valence-corrected chi connectivity index (χ0v) is 53.9. The van der Waals surface area contributed by atoms with Gasteiger partial charge in [-0.1, -0.05) is 119 Å². The molecule has 0 spiro atoms. The molecule has 0 saturated heterocycles. The van der Waals surface area contributed by atoms with Gasteiger partial charge in [0.05, 0.1) is 16.9 Å². The normalized spacial score (nSPS) is 38.5. The summed E-state index contributed by atoms with van der Waals surface area (Å²) in [7, 11) is 0.625. The number of fused-ring (bicyclic) bond motifs is 7. The zero-order chi connectivity index (χ0) is 59.1. The Morgan fingerprint density at radius 2 is 1.14 bits per heavy atom. The predicted molar refractivity (Wildman–Crippen MR) is 321 cm³/mol. The van der Waals surface area contributed by atoms with Crippen molar-refractivity contribution in [3.8, 4) is 0 Å². The van der Waals surface area contributed by atoms with E-state index in [2.05, 4.69) is 62.3 Å². The smallest absolute Gasteiger partial charge is 0.354 e. The first-order valence-corrected chi connectivity index (χ1v) is 33.1. The Balaban J connectivity index is 0.000000253. The van der Waals surface area contributed by atoms with E-state index in [0.29, 0.717) is 42.0 Å². The summed E-state index contributed by atoms with van der Waals surface area (Å²) in [6.07, 6.45) is 31.3. The third kappa shape index (κ3) is 14.9. The van der Waals surface area contributed by atoms with E-state index < -0.39 is 10.8 Å². The molecule has 457 valence electrons. The number of esters is 2. The molecule has 18 atom stereocenters. The van der Waals surface area contributed by atoms with Gasteiger partial charge in [0, 0.05) is 27.6 Å². The minimum atomic E-state index is -0.454. The number of hydrogen-bond acceptors (Lipinski definition) is 6. The van der Waals surface area contributed by atoms with Crippen LogP contribution in [0.15, 0.2) is 11.1 Å². The number of halogens is 3. The number of aliphatic hydroxyl groups is 2. The van der Waals surface area contributed by atoms with Crippen molar-refractivity contribution in [2.45, 2.75) is 296 Å². The van der Waals surface area contributed by atoms with E-state index in [-0.39, 0.29) is 42.3 Å². The number of hydrogen-bond donors (Lipinski definition) is 2. The predicted octanol–water partition coefficient (Wildman–Crippen LogP) is 19.0. The summed E-state index contributed by atoms with van der Waals surface area (Å²) in [4.78, 5) is 25.2. The second-order valence-corrected chi connectivity index (χ2v) is 31.4. The van der Waals surface area contributed by atoms with Crippen LogP contribution in [0.2, 0.25) is 6.32 Å². The summed E-state index contributed by atoms with van der Waals surface area (Å²) in [6.45, 7) is 37.8. The van der Waals surface area contributed by atoms with Crippen LogP contribution in [0.4, 0.5) is 13.5 Å². The van der Waals surface area contributed by atoms with Gasteiger partial charge < -0.3 is 24.0 Å². The van der Waals surface area contributed by atoms with Crippen LogP contribution in [-0.4, -0.2) is 54.6 Å². The summed E-state index contributed by atoms with van der Waals surface area (Å²) in [5.74, 6) is 10.7. The maximum atomic E-state index is 12.6. The van der Waals surface area contributed by atoms with Gasteiger partial charge in [0.25, 0.3) is 0 Å². The lowest BCUT2D eigenvalue weighted by atomic mass is 9.48. The van der Waals surface area contributed by atoms with Gasteiger partial charge >= 0.3 is 19.5 Å². The minimum Gasteiger partial charge on any atom is -0.462 e. The number of ether oxygens (including phenoxy) is 2. The number of aliphatic hydroxyl groups excluding tert-OH is 2. The standard InChI is InChI=1S/C33H56O2.C32H54O3.C2H5BF.C2H6O.F2/c1-9-23-19-28-26(25-14-13-24(20-27(23)25)35-31(34)32(5,6)7)17-18-33(8)29(15-16-30(28)33)22(4)12-10-11-21(2)3;1-20(2)9-8-10-21(3)24-11-12-25-23-17-27(33)32-18-22(35-28(34)29(4,5)6)13-16-31(32,19-32)26(23)14-15-30(24,25)7;1-2-3-4;1-2-3;1-2/h21-24,26,28-30H,9-20H2,1-8H3;20-27,33H,8-19H2,1-7H3;2H2,1H3;3H,2H2,1H3;/t22-,23-,24+,26?,28?,29-,30?,33-;21-,22+,23?,24-,25?,26?,27-,30-,31+,32-;;;/m11.../s1. The Hall–Kier alpha value is -1.55. The van der Waals surface area contributed by atoms with Crippen LogP contribution in [0.25, 0.3) is 0 Å². The topological polar surface area (TPSA) is 93.1 Å². The molecule has 0 aliphatic heterocycles. The number of carbonyl (C=O) groups is 2. The molecule has 6 unspecified atom stereocenters. The average Bonchev–Trinajstić information content (AvgIpc) is 3.30. The highest BCUT2D eigenvalue weighted by Gasteiger charge is 2.79. The average molecular weight is 1110 g/mol. The fraction of sp³-hybridized carbons (Fsp3) is 0.942. The zero-order valence-electron chi connectivity index (χ0n) is 53.9. The molecule has 0 aromatic heterocycles. The fourth-order valence-corrected chi connectivity index (χ4v) is 19.8. The summed E-state index contributed by atoms with van der Waals surface area (Å²) in [5, 5.41) is 19.2. The highest BCUT2D eigenvalue weighted by Crippen LogP contribution is 2.83. The molecule has 0 heterocycles. The second-order valence-electron chi connectivity index (χ2n) is 31.4. The van der Waals surface area contributed by atoms with E-state index in [1.165, 1.54) is 116 Å². The van der Waals surface area contributed by atoms with Crippen molar-refractivity contribution in [1.82, 2.24) is 0 Å². The van der Waals surface area contributed by atoms with Crippen molar-refractivity contribution in [3.63, 3.8) is 0 Å². The maximum Gasteiger partial charge on any atom is 0.354 e. The van der Waals surface area contributed by atoms with Gasteiger partial charge in [-0.15, -0.1) is 0 Å². The minimum absolute atomic E-state index is 0.0000407. The molecule has 6 nitrogen and oxygen atoms in total. The van der Waals surface area contributed by atoms with Crippen LogP contribution in [-0.2, 0) is 19.1 Å². The molecule has 1 radical (unpaired) electrons. The van der Waals surface area contributed by atoms with Crippen molar-refractivity contribution in [2.75, 3.05) is 6.61 Å².